The molecule has 0 spiro atoms. The normalized spacial score (nSPS) is 10.1. The fourth-order valence-electron chi connectivity index (χ4n) is 1.06. The van der Waals surface area contributed by atoms with Crippen molar-refractivity contribution in [2.45, 2.75) is 0 Å². The van der Waals surface area contributed by atoms with E-state index in [0.29, 0.717) is 0 Å². The fourth-order valence-corrected chi connectivity index (χ4v) is 1.33. The lowest BCUT2D eigenvalue weighted by molar-refractivity contribution is -0.139. The van der Waals surface area contributed by atoms with Gasteiger partial charge < -0.3 is 15.4 Å². The van der Waals surface area contributed by atoms with E-state index in [2.05, 4.69) is 31.3 Å². The highest BCUT2D eigenvalue weighted by molar-refractivity contribution is 9.10. The third-order valence-electron chi connectivity index (χ3n) is 1.98. The molecule has 2 amide bonds. The Morgan fingerprint density at radius 2 is 2.00 bits per heavy atom. The quantitative estimate of drug-likeness (QED) is 0.834. The van der Waals surface area contributed by atoms with Crippen molar-refractivity contribution in [3.8, 4) is 0 Å². The van der Waals surface area contributed by atoms with Crippen molar-refractivity contribution < 1.29 is 14.3 Å². The number of ether oxygens (including phenoxy) is 1. The van der Waals surface area contributed by atoms with Crippen LogP contribution in [0.15, 0.2) is 34.9 Å². The predicted octanol–water partition coefficient (Wildman–Crippen LogP) is 1.89. The first-order chi connectivity index (χ1) is 8.61. The van der Waals surface area contributed by atoms with Gasteiger partial charge in [0, 0.05) is 10.7 Å². The Labute approximate surface area is 113 Å². The van der Waals surface area contributed by atoms with E-state index in [-0.39, 0.29) is 6.54 Å². The average molecular weight is 313 g/mol. The summed E-state index contributed by atoms with van der Waals surface area (Å²) in [6, 6.07) is 7.13. The molecule has 6 heteroatoms. The SMILES string of the molecule is COC(=O)CNC(=O)N/C=C/c1ccc(Br)cc1. The number of esters is 1. The molecule has 0 saturated carbocycles. The van der Waals surface area contributed by atoms with E-state index in [1.807, 2.05) is 24.3 Å². The lowest BCUT2D eigenvalue weighted by Crippen LogP contribution is -2.36. The summed E-state index contributed by atoms with van der Waals surface area (Å²) in [4.78, 5) is 22.0. The number of amides is 2. The van der Waals surface area contributed by atoms with Gasteiger partial charge in [0.1, 0.15) is 6.54 Å². The second-order valence-electron chi connectivity index (χ2n) is 3.29. The van der Waals surface area contributed by atoms with Crippen LogP contribution in [0.2, 0.25) is 0 Å². The number of hydrogen-bond acceptors (Lipinski definition) is 3. The number of carbonyl (C=O) groups is 2. The highest BCUT2D eigenvalue weighted by Gasteiger charge is 2.02. The molecule has 0 saturated heterocycles. The number of methoxy groups -OCH3 is 1. The minimum atomic E-state index is -0.498. The molecule has 0 unspecified atom stereocenters. The zero-order chi connectivity index (χ0) is 13.4. The molecule has 0 aliphatic rings. The summed E-state index contributed by atoms with van der Waals surface area (Å²) in [6.45, 7) is -0.158. The van der Waals surface area contributed by atoms with E-state index in [0.717, 1.165) is 10.0 Å². The van der Waals surface area contributed by atoms with Crippen LogP contribution in [0.25, 0.3) is 6.08 Å². The van der Waals surface area contributed by atoms with Gasteiger partial charge in [-0.05, 0) is 23.8 Å². The Bertz CT molecular complexity index is 443. The average Bonchev–Trinajstić information content (AvgIpc) is 2.38. The van der Waals surface area contributed by atoms with Gasteiger partial charge in [-0.25, -0.2) is 4.79 Å². The molecule has 18 heavy (non-hydrogen) atoms. The van der Waals surface area contributed by atoms with Gasteiger partial charge in [0.05, 0.1) is 7.11 Å². The highest BCUT2D eigenvalue weighted by Crippen LogP contribution is 2.10. The second-order valence-corrected chi connectivity index (χ2v) is 4.20. The molecule has 0 heterocycles. The molecule has 0 fully saturated rings. The van der Waals surface area contributed by atoms with Crippen molar-refractivity contribution in [2.75, 3.05) is 13.7 Å². The Hall–Kier alpha value is -1.82. The number of rotatable bonds is 4. The summed E-state index contributed by atoms with van der Waals surface area (Å²) < 4.78 is 5.37. The number of carbonyl (C=O) groups excluding carboxylic acids is 2. The number of hydrogen-bond donors (Lipinski definition) is 2. The maximum absolute atomic E-state index is 11.2. The van der Waals surface area contributed by atoms with Gasteiger partial charge in [-0.3, -0.25) is 4.79 Å². The van der Waals surface area contributed by atoms with E-state index >= 15 is 0 Å². The van der Waals surface area contributed by atoms with Crippen molar-refractivity contribution in [3.05, 3.63) is 40.5 Å². The van der Waals surface area contributed by atoms with E-state index in [9.17, 15) is 9.59 Å². The Morgan fingerprint density at radius 3 is 2.61 bits per heavy atom. The second kappa shape index (κ2) is 7.50. The van der Waals surface area contributed by atoms with Gasteiger partial charge in [-0.1, -0.05) is 28.1 Å². The zero-order valence-electron chi connectivity index (χ0n) is 9.77. The molecule has 0 bridgehead atoms. The van der Waals surface area contributed by atoms with Gasteiger partial charge in [0.2, 0.25) is 0 Å². The van der Waals surface area contributed by atoms with Crippen LogP contribution in [-0.4, -0.2) is 25.7 Å². The largest absolute Gasteiger partial charge is 0.468 e. The van der Waals surface area contributed by atoms with Crippen LogP contribution < -0.4 is 10.6 Å². The summed E-state index contributed by atoms with van der Waals surface area (Å²) in [5, 5.41) is 4.82. The molecule has 0 aliphatic carbocycles. The number of halogens is 1. The summed E-state index contributed by atoms with van der Waals surface area (Å²) in [5.41, 5.74) is 0.950. The molecular formula is C12H13BrN2O3. The van der Waals surface area contributed by atoms with Gasteiger partial charge in [0.15, 0.2) is 0 Å². The molecule has 0 atom stereocenters. The molecule has 1 aromatic rings. The van der Waals surface area contributed by atoms with Crippen LogP contribution in [0, 0.1) is 0 Å². The number of urea groups is 1. The van der Waals surface area contributed by atoms with Crippen LogP contribution >= 0.6 is 15.9 Å². The first-order valence-electron chi connectivity index (χ1n) is 5.15. The van der Waals surface area contributed by atoms with Crippen molar-refractivity contribution in [2.24, 2.45) is 0 Å². The summed E-state index contributed by atoms with van der Waals surface area (Å²) in [7, 11) is 1.26. The topological polar surface area (TPSA) is 67.4 Å². The van der Waals surface area contributed by atoms with Crippen LogP contribution in [-0.2, 0) is 9.53 Å². The maximum Gasteiger partial charge on any atom is 0.325 e. The van der Waals surface area contributed by atoms with Crippen LogP contribution in [0.3, 0.4) is 0 Å². The molecule has 0 aliphatic heterocycles. The van der Waals surface area contributed by atoms with Crippen LogP contribution in [0.4, 0.5) is 4.79 Å². The predicted molar refractivity (Wildman–Crippen MR) is 71.7 cm³/mol. The van der Waals surface area contributed by atoms with Gasteiger partial charge in [-0.2, -0.15) is 0 Å². The maximum atomic E-state index is 11.2. The Kier molecular flexibility index (Phi) is 5.93. The first-order valence-corrected chi connectivity index (χ1v) is 5.94. The minimum Gasteiger partial charge on any atom is -0.468 e. The van der Waals surface area contributed by atoms with E-state index in [1.165, 1.54) is 13.3 Å². The van der Waals surface area contributed by atoms with Gasteiger partial charge in [-0.15, -0.1) is 0 Å². The van der Waals surface area contributed by atoms with Crippen LogP contribution in [0.1, 0.15) is 5.56 Å². The monoisotopic (exact) mass is 312 g/mol. The molecule has 5 nitrogen and oxygen atoms in total. The summed E-state index contributed by atoms with van der Waals surface area (Å²) in [5.74, 6) is -0.498. The molecule has 2 N–H and O–H groups in total. The van der Waals surface area contributed by atoms with Gasteiger partial charge >= 0.3 is 12.0 Å². The third kappa shape index (κ3) is 5.49. The van der Waals surface area contributed by atoms with Crippen molar-refractivity contribution in [3.63, 3.8) is 0 Å². The van der Waals surface area contributed by atoms with E-state index < -0.39 is 12.0 Å². The molecular weight excluding hydrogens is 300 g/mol. The lowest BCUT2D eigenvalue weighted by atomic mass is 10.2. The Balaban J connectivity index is 2.33. The Morgan fingerprint density at radius 1 is 1.33 bits per heavy atom. The molecule has 0 aromatic heterocycles. The zero-order valence-corrected chi connectivity index (χ0v) is 11.4. The standard InChI is InChI=1S/C12H13BrN2O3/c1-18-11(16)8-15-12(17)14-7-6-9-2-4-10(13)5-3-9/h2-7H,8H2,1H3,(H2,14,15,17)/b7-6+. The first kappa shape index (κ1) is 14.2. The summed E-state index contributed by atoms with van der Waals surface area (Å²) >= 11 is 3.33. The van der Waals surface area contributed by atoms with Crippen molar-refractivity contribution in [1.29, 1.82) is 0 Å². The molecule has 1 rings (SSSR count). The van der Waals surface area contributed by atoms with Crippen LogP contribution in [0.5, 0.6) is 0 Å². The lowest BCUT2D eigenvalue weighted by Gasteiger charge is -2.02. The third-order valence-corrected chi connectivity index (χ3v) is 2.51. The van der Waals surface area contributed by atoms with E-state index in [4.69, 9.17) is 0 Å². The molecule has 0 radical (unpaired) electrons. The molecule has 1 aromatic carbocycles. The van der Waals surface area contributed by atoms with Crippen molar-refractivity contribution in [1.82, 2.24) is 10.6 Å². The minimum absolute atomic E-state index is 0.158. The number of nitrogens with one attached hydrogen (secondary N) is 2. The summed E-state index contributed by atoms with van der Waals surface area (Å²) in [6.07, 6.45) is 3.24. The number of benzene rings is 1. The fraction of sp³-hybridized carbons (Fsp3) is 0.167. The highest BCUT2D eigenvalue weighted by atomic mass is 79.9. The van der Waals surface area contributed by atoms with E-state index in [1.54, 1.807) is 6.08 Å². The van der Waals surface area contributed by atoms with Crippen molar-refractivity contribution >= 4 is 34.0 Å². The molecule has 96 valence electrons. The smallest absolute Gasteiger partial charge is 0.325 e. The van der Waals surface area contributed by atoms with Gasteiger partial charge in [0.25, 0.3) is 0 Å².